The number of benzene rings is 12. The molecular weight excluding hydrogens is 893 g/mol. The maximum absolute atomic E-state index is 2.59. The van der Waals surface area contributed by atoms with Crippen LogP contribution < -0.4 is 4.90 Å². The van der Waals surface area contributed by atoms with Crippen molar-refractivity contribution in [3.63, 3.8) is 0 Å². The van der Waals surface area contributed by atoms with E-state index in [1.807, 2.05) is 0 Å². The van der Waals surface area contributed by atoms with Crippen LogP contribution in [-0.2, 0) is 10.8 Å². The first-order valence-electron chi connectivity index (χ1n) is 25.8. The van der Waals surface area contributed by atoms with Crippen molar-refractivity contribution >= 4 is 49.6 Å². The molecule has 344 valence electrons. The Kier molecular flexibility index (Phi) is 8.62. The molecule has 1 unspecified atom stereocenters. The summed E-state index contributed by atoms with van der Waals surface area (Å²) in [5, 5.41) is 5.06. The second kappa shape index (κ2) is 15.5. The lowest BCUT2D eigenvalue weighted by molar-refractivity contribution is 0.748. The van der Waals surface area contributed by atoms with Gasteiger partial charge in [-0.25, -0.2) is 0 Å². The molecule has 1 atom stereocenters. The Morgan fingerprint density at radius 2 is 0.878 bits per heavy atom. The van der Waals surface area contributed by atoms with Gasteiger partial charge >= 0.3 is 0 Å². The molecule has 1 aromatic heterocycles. The highest BCUT2D eigenvalue weighted by Gasteiger charge is 2.52. The van der Waals surface area contributed by atoms with Gasteiger partial charge in [-0.05, 0) is 114 Å². The Balaban J connectivity index is 1.03. The van der Waals surface area contributed by atoms with Gasteiger partial charge in [0, 0.05) is 27.6 Å². The summed E-state index contributed by atoms with van der Waals surface area (Å²) in [6.45, 7) is 0. The molecule has 0 bridgehead atoms. The highest BCUT2D eigenvalue weighted by Crippen LogP contribution is 2.64. The molecule has 16 rings (SSSR count). The van der Waals surface area contributed by atoms with E-state index in [1.165, 1.54) is 111 Å². The molecule has 74 heavy (non-hydrogen) atoms. The van der Waals surface area contributed by atoms with Crippen molar-refractivity contribution in [3.8, 4) is 39.1 Å². The third-order valence-corrected chi connectivity index (χ3v) is 16.8. The van der Waals surface area contributed by atoms with E-state index in [0.717, 1.165) is 22.6 Å². The SMILES string of the molecule is c1ccc(-c2ccccc2N(c2ccc3c(c2)C(c2ccccc2)(c2ccccc2)c2ccc4ccccc4c2-3)c2cccc3c2-c2ccccc2C32c3ccccc3-n3c4ccccc4c4cccc2c43)cc1. The summed E-state index contributed by atoms with van der Waals surface area (Å²) in [5.41, 5.74) is 23.5. The Bertz CT molecular complexity index is 4390. The van der Waals surface area contributed by atoms with Gasteiger partial charge in [-0.3, -0.25) is 0 Å². The zero-order valence-corrected chi connectivity index (χ0v) is 40.5. The van der Waals surface area contributed by atoms with Gasteiger partial charge in [0.2, 0.25) is 0 Å². The molecule has 0 fully saturated rings. The first-order chi connectivity index (χ1) is 36.8. The Hall–Kier alpha value is -9.50. The van der Waals surface area contributed by atoms with Gasteiger partial charge in [0.1, 0.15) is 0 Å². The molecule has 2 aliphatic carbocycles. The Morgan fingerprint density at radius 3 is 1.69 bits per heavy atom. The first kappa shape index (κ1) is 41.2. The minimum Gasteiger partial charge on any atom is -0.309 e. The molecule has 0 saturated carbocycles. The fraction of sp³-hybridized carbons (Fsp3) is 0.0278. The van der Waals surface area contributed by atoms with Gasteiger partial charge in [-0.1, -0.05) is 243 Å². The lowest BCUT2D eigenvalue weighted by Crippen LogP contribution is -2.33. The lowest BCUT2D eigenvalue weighted by Gasteiger charge is -2.40. The van der Waals surface area contributed by atoms with E-state index < -0.39 is 10.8 Å². The molecule has 1 spiro atoms. The van der Waals surface area contributed by atoms with Crippen molar-refractivity contribution in [2.24, 2.45) is 0 Å². The molecule has 0 radical (unpaired) electrons. The van der Waals surface area contributed by atoms with E-state index in [9.17, 15) is 0 Å². The molecule has 2 heterocycles. The minimum atomic E-state index is -0.615. The summed E-state index contributed by atoms with van der Waals surface area (Å²) >= 11 is 0. The third kappa shape index (κ3) is 5.28. The first-order valence-corrected chi connectivity index (χ1v) is 25.8. The normalized spacial score (nSPS) is 15.2. The molecule has 0 amide bonds. The van der Waals surface area contributed by atoms with Gasteiger partial charge < -0.3 is 9.47 Å². The van der Waals surface area contributed by atoms with Crippen molar-refractivity contribution in [3.05, 3.63) is 324 Å². The number of para-hydroxylation sites is 4. The van der Waals surface area contributed by atoms with Crippen LogP contribution >= 0.6 is 0 Å². The Labute approximate surface area is 430 Å². The molecule has 0 N–H and O–H groups in total. The van der Waals surface area contributed by atoms with Gasteiger partial charge in [0.25, 0.3) is 0 Å². The van der Waals surface area contributed by atoms with Crippen LogP contribution in [0.4, 0.5) is 17.1 Å². The van der Waals surface area contributed by atoms with Crippen molar-refractivity contribution in [2.75, 3.05) is 4.90 Å². The lowest BCUT2D eigenvalue weighted by atomic mass is 9.65. The highest BCUT2D eigenvalue weighted by atomic mass is 15.1. The molecular formula is C72H46N2. The average Bonchev–Trinajstić information content (AvgIpc) is 4.12. The summed E-state index contributed by atoms with van der Waals surface area (Å²) < 4.78 is 2.53. The summed E-state index contributed by atoms with van der Waals surface area (Å²) in [6, 6.07) is 105. The van der Waals surface area contributed by atoms with Crippen molar-refractivity contribution in [2.45, 2.75) is 10.8 Å². The van der Waals surface area contributed by atoms with Crippen molar-refractivity contribution < 1.29 is 0 Å². The predicted octanol–water partition coefficient (Wildman–Crippen LogP) is 18.1. The molecule has 3 aliphatic rings. The van der Waals surface area contributed by atoms with Crippen LogP contribution in [-0.4, -0.2) is 4.57 Å². The van der Waals surface area contributed by atoms with Crippen LogP contribution in [0.15, 0.2) is 279 Å². The third-order valence-electron chi connectivity index (χ3n) is 16.8. The molecule has 1 aliphatic heterocycles. The van der Waals surface area contributed by atoms with E-state index in [0.29, 0.717) is 0 Å². The minimum absolute atomic E-state index is 0.608. The van der Waals surface area contributed by atoms with Crippen LogP contribution in [0.2, 0.25) is 0 Å². The van der Waals surface area contributed by atoms with Crippen molar-refractivity contribution in [1.29, 1.82) is 0 Å². The number of anilines is 3. The molecule has 12 aromatic carbocycles. The number of hydrogen-bond acceptors (Lipinski definition) is 1. The smallest absolute Gasteiger partial charge is 0.0755 e. The van der Waals surface area contributed by atoms with Crippen LogP contribution in [0.1, 0.15) is 44.5 Å². The molecule has 2 heteroatoms. The van der Waals surface area contributed by atoms with E-state index in [2.05, 4.69) is 289 Å². The quantitative estimate of drug-likeness (QED) is 0.161. The largest absolute Gasteiger partial charge is 0.309 e. The topological polar surface area (TPSA) is 8.17 Å². The van der Waals surface area contributed by atoms with Crippen LogP contribution in [0, 0.1) is 0 Å². The fourth-order valence-corrected chi connectivity index (χ4v) is 14.1. The second-order valence-corrected chi connectivity index (χ2v) is 20.2. The monoisotopic (exact) mass is 938 g/mol. The van der Waals surface area contributed by atoms with Crippen LogP contribution in [0.25, 0.3) is 71.6 Å². The van der Waals surface area contributed by atoms with E-state index in [-0.39, 0.29) is 0 Å². The predicted molar refractivity (Wildman–Crippen MR) is 307 cm³/mol. The number of nitrogens with zero attached hydrogens (tertiary/aromatic N) is 2. The van der Waals surface area contributed by atoms with Gasteiger partial charge in [0.15, 0.2) is 0 Å². The molecule has 13 aromatic rings. The van der Waals surface area contributed by atoms with Gasteiger partial charge in [-0.2, -0.15) is 0 Å². The average molecular weight is 939 g/mol. The van der Waals surface area contributed by atoms with Crippen molar-refractivity contribution in [1.82, 2.24) is 4.57 Å². The number of fused-ring (bicyclic) bond motifs is 17. The fourth-order valence-electron chi connectivity index (χ4n) is 14.1. The van der Waals surface area contributed by atoms with E-state index in [4.69, 9.17) is 0 Å². The second-order valence-electron chi connectivity index (χ2n) is 20.2. The highest BCUT2D eigenvalue weighted by molar-refractivity contribution is 6.13. The Morgan fingerprint density at radius 1 is 0.311 bits per heavy atom. The zero-order chi connectivity index (χ0) is 48.5. The zero-order valence-electron chi connectivity index (χ0n) is 40.5. The number of hydrogen-bond donors (Lipinski definition) is 0. The summed E-state index contributed by atoms with van der Waals surface area (Å²) in [4.78, 5) is 2.59. The summed E-state index contributed by atoms with van der Waals surface area (Å²) in [5.74, 6) is 0. The number of rotatable bonds is 6. The standard InChI is InChI=1S/C72H46N2/c1-4-22-47(23-5-1)52-29-13-17-38-64(52)73(51-43-44-57-63(46-51)71(49-25-6-2-7-26-49,50-27-8-3-9-28-50)61-45-42-48-24-10-11-30-53(48)68(57)61)67-41-21-36-60-69(67)56-32-12-15-34-58(56)72(60)59-35-16-19-40-66(59)74-65-39-18-14-31-54(65)55-33-20-37-62(72)70(55)74/h1-46H. The van der Waals surface area contributed by atoms with Crippen LogP contribution in [0.3, 0.4) is 0 Å². The maximum Gasteiger partial charge on any atom is 0.0755 e. The molecule has 0 saturated heterocycles. The maximum atomic E-state index is 2.59. The van der Waals surface area contributed by atoms with Gasteiger partial charge in [0.05, 0.1) is 38.9 Å². The number of aromatic nitrogens is 1. The van der Waals surface area contributed by atoms with E-state index in [1.54, 1.807) is 0 Å². The van der Waals surface area contributed by atoms with Gasteiger partial charge in [-0.15, -0.1) is 0 Å². The van der Waals surface area contributed by atoms with E-state index >= 15 is 0 Å². The molecule has 2 nitrogen and oxygen atoms in total. The summed E-state index contributed by atoms with van der Waals surface area (Å²) in [7, 11) is 0. The summed E-state index contributed by atoms with van der Waals surface area (Å²) in [6.07, 6.45) is 0. The van der Waals surface area contributed by atoms with Crippen LogP contribution in [0.5, 0.6) is 0 Å².